The van der Waals surface area contributed by atoms with Gasteiger partial charge in [-0.25, -0.2) is 0 Å². The summed E-state index contributed by atoms with van der Waals surface area (Å²) in [6, 6.07) is 1.12. The Morgan fingerprint density at radius 2 is 2.15 bits per heavy atom. The summed E-state index contributed by atoms with van der Waals surface area (Å²) >= 11 is 0. The van der Waals surface area contributed by atoms with Gasteiger partial charge in [-0.1, -0.05) is 13.8 Å². The number of rotatable bonds is 4. The molecular weight excluding hydrogens is 164 g/mol. The molecule has 3 nitrogen and oxygen atoms in total. The maximum Gasteiger partial charge on any atom is 0.0587 e. The molecule has 0 amide bonds. The van der Waals surface area contributed by atoms with E-state index in [0.29, 0.717) is 18.0 Å². The first kappa shape index (κ1) is 11.0. The molecule has 0 bridgehead atoms. The Labute approximate surface area is 80.7 Å². The van der Waals surface area contributed by atoms with Crippen LogP contribution in [-0.2, 0) is 0 Å². The molecule has 0 aromatic heterocycles. The molecule has 1 aliphatic rings. The summed E-state index contributed by atoms with van der Waals surface area (Å²) in [6.45, 7) is 4.48. The normalized spacial score (nSPS) is 31.2. The monoisotopic (exact) mass is 186 g/mol. The van der Waals surface area contributed by atoms with Crippen LogP contribution in [0.15, 0.2) is 0 Å². The Bertz CT molecular complexity index is 150. The van der Waals surface area contributed by atoms with Gasteiger partial charge in [0.15, 0.2) is 0 Å². The van der Waals surface area contributed by atoms with Crippen molar-refractivity contribution in [2.45, 2.75) is 51.2 Å². The molecule has 4 N–H and O–H groups in total. The van der Waals surface area contributed by atoms with Crippen LogP contribution < -0.4 is 11.1 Å². The van der Waals surface area contributed by atoms with Crippen LogP contribution in [0, 0.1) is 5.92 Å². The van der Waals surface area contributed by atoms with E-state index in [2.05, 4.69) is 19.2 Å². The molecule has 0 spiro atoms. The molecule has 1 aliphatic carbocycles. The van der Waals surface area contributed by atoms with Crippen LogP contribution in [0.4, 0.5) is 0 Å². The van der Waals surface area contributed by atoms with E-state index in [4.69, 9.17) is 10.8 Å². The summed E-state index contributed by atoms with van der Waals surface area (Å²) in [5, 5.41) is 12.6. The fraction of sp³-hybridized carbons (Fsp3) is 1.00. The van der Waals surface area contributed by atoms with Crippen molar-refractivity contribution in [3.63, 3.8) is 0 Å². The average molecular weight is 186 g/mol. The molecule has 3 heteroatoms. The Kier molecular flexibility index (Phi) is 4.16. The second-order valence-corrected chi connectivity index (χ2v) is 4.47. The van der Waals surface area contributed by atoms with E-state index in [0.717, 1.165) is 19.3 Å². The van der Waals surface area contributed by atoms with Gasteiger partial charge in [-0.15, -0.1) is 0 Å². The van der Waals surface area contributed by atoms with Crippen LogP contribution >= 0.6 is 0 Å². The van der Waals surface area contributed by atoms with Crippen molar-refractivity contribution < 1.29 is 5.11 Å². The van der Waals surface area contributed by atoms with Crippen LogP contribution in [0.1, 0.15) is 33.1 Å². The van der Waals surface area contributed by atoms with Crippen molar-refractivity contribution in [2.24, 2.45) is 11.7 Å². The van der Waals surface area contributed by atoms with Crippen LogP contribution in [0.25, 0.3) is 0 Å². The number of nitrogens with one attached hydrogen (secondary N) is 1. The van der Waals surface area contributed by atoms with Crippen LogP contribution in [0.5, 0.6) is 0 Å². The molecule has 78 valence electrons. The number of hydrogen-bond acceptors (Lipinski definition) is 3. The fourth-order valence-corrected chi connectivity index (χ4v) is 1.93. The highest BCUT2D eigenvalue weighted by Gasteiger charge is 2.24. The lowest BCUT2D eigenvalue weighted by atomic mass is 10.0. The largest absolute Gasteiger partial charge is 0.395 e. The Morgan fingerprint density at radius 3 is 2.54 bits per heavy atom. The average Bonchev–Trinajstić information content (AvgIpc) is 2.46. The maximum atomic E-state index is 9.13. The first-order chi connectivity index (χ1) is 6.13. The summed E-state index contributed by atoms with van der Waals surface area (Å²) in [5.41, 5.74) is 5.82. The van der Waals surface area contributed by atoms with E-state index >= 15 is 0 Å². The smallest absolute Gasteiger partial charge is 0.0587 e. The van der Waals surface area contributed by atoms with Gasteiger partial charge in [0.25, 0.3) is 0 Å². The summed E-state index contributed by atoms with van der Waals surface area (Å²) in [6.07, 6.45) is 3.33. The van der Waals surface area contributed by atoms with Gasteiger partial charge in [-0.3, -0.25) is 0 Å². The van der Waals surface area contributed by atoms with Crippen molar-refractivity contribution in [2.75, 3.05) is 6.61 Å². The van der Waals surface area contributed by atoms with E-state index < -0.39 is 0 Å². The van der Waals surface area contributed by atoms with Gasteiger partial charge in [0.05, 0.1) is 6.61 Å². The fourth-order valence-electron chi connectivity index (χ4n) is 1.93. The lowest BCUT2D eigenvalue weighted by Crippen LogP contribution is -2.43. The second-order valence-electron chi connectivity index (χ2n) is 4.47. The quantitative estimate of drug-likeness (QED) is 0.598. The summed E-state index contributed by atoms with van der Waals surface area (Å²) in [5.74, 6) is 0.488. The van der Waals surface area contributed by atoms with Crippen LogP contribution in [0.2, 0.25) is 0 Å². The topological polar surface area (TPSA) is 58.3 Å². The molecular formula is C10H22N2O. The molecule has 3 atom stereocenters. The highest BCUT2D eigenvalue weighted by atomic mass is 16.3. The zero-order valence-electron chi connectivity index (χ0n) is 8.66. The van der Waals surface area contributed by atoms with E-state index in [1.54, 1.807) is 0 Å². The summed E-state index contributed by atoms with van der Waals surface area (Å²) in [4.78, 5) is 0. The third-order valence-electron chi connectivity index (χ3n) is 2.92. The number of aliphatic hydroxyl groups is 1. The van der Waals surface area contributed by atoms with Crippen molar-refractivity contribution in [3.05, 3.63) is 0 Å². The molecule has 0 radical (unpaired) electrons. The molecule has 0 aromatic rings. The number of nitrogens with two attached hydrogens (primary N) is 1. The SMILES string of the molecule is CC(C)C(CO)NC1CCC(N)C1. The van der Waals surface area contributed by atoms with Gasteiger partial charge in [-0.2, -0.15) is 0 Å². The maximum absolute atomic E-state index is 9.13. The zero-order valence-corrected chi connectivity index (χ0v) is 8.66. The standard InChI is InChI=1S/C10H22N2O/c1-7(2)10(6-13)12-9-4-3-8(11)5-9/h7-10,12-13H,3-6,11H2,1-2H3. The van der Waals surface area contributed by atoms with Gasteiger partial charge in [0.2, 0.25) is 0 Å². The first-order valence-electron chi connectivity index (χ1n) is 5.26. The number of hydrogen-bond donors (Lipinski definition) is 3. The van der Waals surface area contributed by atoms with E-state index in [-0.39, 0.29) is 12.6 Å². The van der Waals surface area contributed by atoms with Crippen LogP contribution in [-0.4, -0.2) is 29.8 Å². The molecule has 13 heavy (non-hydrogen) atoms. The zero-order chi connectivity index (χ0) is 9.84. The third-order valence-corrected chi connectivity index (χ3v) is 2.92. The minimum absolute atomic E-state index is 0.226. The predicted molar refractivity (Wildman–Crippen MR) is 54.5 cm³/mol. The van der Waals surface area contributed by atoms with Crippen molar-refractivity contribution in [3.8, 4) is 0 Å². The summed E-state index contributed by atoms with van der Waals surface area (Å²) in [7, 11) is 0. The Hall–Kier alpha value is -0.120. The van der Waals surface area contributed by atoms with Gasteiger partial charge >= 0.3 is 0 Å². The lowest BCUT2D eigenvalue weighted by Gasteiger charge is -2.24. The van der Waals surface area contributed by atoms with Gasteiger partial charge in [0.1, 0.15) is 0 Å². The second kappa shape index (κ2) is 4.94. The molecule has 0 saturated heterocycles. The van der Waals surface area contributed by atoms with Crippen molar-refractivity contribution in [1.29, 1.82) is 0 Å². The molecule has 1 rings (SSSR count). The predicted octanol–water partition coefficient (Wildman–Crippen LogP) is 0.473. The molecule has 1 saturated carbocycles. The summed E-state index contributed by atoms with van der Waals surface area (Å²) < 4.78 is 0. The minimum atomic E-state index is 0.226. The van der Waals surface area contributed by atoms with Crippen molar-refractivity contribution >= 4 is 0 Å². The van der Waals surface area contributed by atoms with Gasteiger partial charge in [0, 0.05) is 18.1 Å². The molecule has 0 heterocycles. The number of aliphatic hydroxyl groups excluding tert-OH is 1. The Balaban J connectivity index is 2.30. The van der Waals surface area contributed by atoms with E-state index in [1.165, 1.54) is 0 Å². The molecule has 1 fully saturated rings. The molecule has 3 unspecified atom stereocenters. The highest BCUT2D eigenvalue weighted by Crippen LogP contribution is 2.18. The van der Waals surface area contributed by atoms with Gasteiger partial charge < -0.3 is 16.2 Å². The first-order valence-corrected chi connectivity index (χ1v) is 5.26. The Morgan fingerprint density at radius 1 is 1.46 bits per heavy atom. The van der Waals surface area contributed by atoms with Crippen LogP contribution in [0.3, 0.4) is 0 Å². The van der Waals surface area contributed by atoms with Gasteiger partial charge in [-0.05, 0) is 25.2 Å². The van der Waals surface area contributed by atoms with Crippen molar-refractivity contribution in [1.82, 2.24) is 5.32 Å². The van der Waals surface area contributed by atoms with E-state index in [9.17, 15) is 0 Å². The highest BCUT2D eigenvalue weighted by molar-refractivity contribution is 4.85. The van der Waals surface area contributed by atoms with E-state index in [1.807, 2.05) is 0 Å². The lowest BCUT2D eigenvalue weighted by molar-refractivity contribution is 0.199. The third kappa shape index (κ3) is 3.25. The minimum Gasteiger partial charge on any atom is -0.395 e. The molecule has 0 aliphatic heterocycles. The molecule has 0 aromatic carbocycles.